The van der Waals surface area contributed by atoms with Crippen molar-refractivity contribution in [2.24, 2.45) is 0 Å². The highest BCUT2D eigenvalue weighted by Gasteiger charge is 2.51. The molecule has 9 heteroatoms. The molecule has 2 aromatic carbocycles. The van der Waals surface area contributed by atoms with Gasteiger partial charge >= 0.3 is 5.69 Å². The minimum Gasteiger partial charge on any atom is -0.405 e. The second-order valence-corrected chi connectivity index (χ2v) is 18.4. The zero-order chi connectivity index (χ0) is 30.9. The van der Waals surface area contributed by atoms with Crippen LogP contribution >= 0.6 is 22.6 Å². The third kappa shape index (κ3) is 8.36. The number of hydrogen-bond donors (Lipinski definition) is 1. The Morgan fingerprint density at radius 1 is 0.953 bits per heavy atom. The summed E-state index contributed by atoms with van der Waals surface area (Å²) in [6, 6.07) is 21.1. The Morgan fingerprint density at radius 2 is 1.56 bits per heavy atom. The number of H-pyrrole nitrogens is 1. The first-order valence-electron chi connectivity index (χ1n) is 15.6. The van der Waals surface area contributed by atoms with Crippen molar-refractivity contribution in [3.63, 3.8) is 0 Å². The predicted molar refractivity (Wildman–Crippen MR) is 184 cm³/mol. The summed E-state index contributed by atoms with van der Waals surface area (Å²) in [4.78, 5) is 27.9. The van der Waals surface area contributed by atoms with Gasteiger partial charge in [0.05, 0.1) is 24.9 Å². The maximum atomic E-state index is 12.9. The number of aromatic nitrogens is 2. The highest BCUT2D eigenvalue weighted by Crippen LogP contribution is 2.39. The van der Waals surface area contributed by atoms with E-state index >= 15 is 0 Å². The number of benzene rings is 2. The molecule has 43 heavy (non-hydrogen) atoms. The third-order valence-electron chi connectivity index (χ3n) is 8.29. The van der Waals surface area contributed by atoms with Crippen molar-refractivity contribution in [1.82, 2.24) is 9.55 Å². The van der Waals surface area contributed by atoms with E-state index in [1.165, 1.54) is 40.6 Å². The van der Waals surface area contributed by atoms with Crippen LogP contribution < -0.4 is 21.6 Å². The lowest BCUT2D eigenvalue weighted by Gasteiger charge is -2.43. The lowest BCUT2D eigenvalue weighted by molar-refractivity contribution is -0.0205. The van der Waals surface area contributed by atoms with E-state index < -0.39 is 25.8 Å². The van der Waals surface area contributed by atoms with Gasteiger partial charge in [-0.25, -0.2) is 4.79 Å². The zero-order valence-electron chi connectivity index (χ0n) is 26.0. The molecular formula is C34H47IN2O5Si. The zero-order valence-corrected chi connectivity index (χ0v) is 29.2. The Balaban J connectivity index is 1.47. The fourth-order valence-electron chi connectivity index (χ4n) is 5.99. The van der Waals surface area contributed by atoms with Gasteiger partial charge in [-0.3, -0.25) is 14.3 Å². The molecule has 1 aliphatic heterocycles. The number of hydrogen-bond acceptors (Lipinski definition) is 5. The summed E-state index contributed by atoms with van der Waals surface area (Å²) >= 11 is 2.41. The van der Waals surface area contributed by atoms with E-state index in [1.807, 2.05) is 12.1 Å². The van der Waals surface area contributed by atoms with Crippen molar-refractivity contribution in [3.8, 4) is 0 Å². The number of nitrogens with zero attached hydrogens (tertiary/aromatic N) is 1. The van der Waals surface area contributed by atoms with Crippen LogP contribution in [0.1, 0.15) is 84.4 Å². The van der Waals surface area contributed by atoms with Gasteiger partial charge in [0, 0.05) is 23.1 Å². The van der Waals surface area contributed by atoms with Gasteiger partial charge in [0.1, 0.15) is 6.23 Å². The van der Waals surface area contributed by atoms with Crippen LogP contribution in [0.5, 0.6) is 0 Å². The van der Waals surface area contributed by atoms with E-state index in [2.05, 4.69) is 104 Å². The molecule has 0 bridgehead atoms. The molecule has 1 N–H and O–H groups in total. The fourth-order valence-corrected chi connectivity index (χ4v) is 11.4. The molecule has 0 radical (unpaired) electrons. The molecule has 0 amide bonds. The molecule has 234 valence electrons. The fraction of sp³-hybridized carbons (Fsp3) is 0.529. The van der Waals surface area contributed by atoms with Crippen LogP contribution in [0.2, 0.25) is 5.04 Å². The molecular weight excluding hydrogens is 671 g/mol. The van der Waals surface area contributed by atoms with Crippen LogP contribution in [0.3, 0.4) is 0 Å². The summed E-state index contributed by atoms with van der Waals surface area (Å²) in [5.41, 5.74) is -0.433. The molecule has 1 aliphatic rings. The van der Waals surface area contributed by atoms with Gasteiger partial charge in [0.2, 0.25) is 0 Å². The number of aromatic amines is 1. The highest BCUT2D eigenvalue weighted by atomic mass is 127. The molecule has 3 aromatic rings. The van der Waals surface area contributed by atoms with E-state index in [-0.39, 0.29) is 21.7 Å². The summed E-state index contributed by atoms with van der Waals surface area (Å²) in [6.07, 6.45) is 8.61. The van der Waals surface area contributed by atoms with Crippen molar-refractivity contribution >= 4 is 41.3 Å². The molecule has 1 saturated heterocycles. The highest BCUT2D eigenvalue weighted by molar-refractivity contribution is 14.1. The SMILES string of the molecule is CCCCCCCCOCc1cn([C@H]2C[C@@H](I)[C@@H](CO[Si](c3ccccc3)(c3ccccc3)C(C)(C)C)O2)c(=O)[nH]c1=O. The van der Waals surface area contributed by atoms with Crippen molar-refractivity contribution in [1.29, 1.82) is 0 Å². The van der Waals surface area contributed by atoms with Crippen molar-refractivity contribution in [3.05, 3.63) is 93.3 Å². The van der Waals surface area contributed by atoms with Gasteiger partial charge in [-0.15, -0.1) is 0 Å². The van der Waals surface area contributed by atoms with Gasteiger partial charge in [-0.2, -0.15) is 0 Å². The van der Waals surface area contributed by atoms with E-state index in [4.69, 9.17) is 13.9 Å². The van der Waals surface area contributed by atoms with Crippen molar-refractivity contribution in [2.45, 2.75) is 101 Å². The molecule has 3 atom stereocenters. The quantitative estimate of drug-likeness (QED) is 0.0892. The first-order valence-corrected chi connectivity index (χ1v) is 18.8. The lowest BCUT2D eigenvalue weighted by atomic mass is 10.1. The number of nitrogens with one attached hydrogen (secondary N) is 1. The number of rotatable bonds is 15. The van der Waals surface area contributed by atoms with Gasteiger partial charge in [-0.05, 0) is 21.8 Å². The van der Waals surface area contributed by atoms with Crippen LogP contribution in [0.15, 0.2) is 76.4 Å². The number of alkyl halides is 1. The largest absolute Gasteiger partial charge is 0.405 e. The van der Waals surface area contributed by atoms with E-state index in [0.717, 1.165) is 12.8 Å². The van der Waals surface area contributed by atoms with Crippen LogP contribution in [-0.4, -0.2) is 41.1 Å². The Labute approximate surface area is 270 Å². The maximum Gasteiger partial charge on any atom is 0.330 e. The monoisotopic (exact) mass is 718 g/mol. The number of halogens is 1. The average molecular weight is 719 g/mol. The normalized spacial score (nSPS) is 19.1. The average Bonchev–Trinajstić information content (AvgIpc) is 3.36. The van der Waals surface area contributed by atoms with Crippen LogP contribution in [-0.2, 0) is 20.5 Å². The molecule has 7 nitrogen and oxygen atoms in total. The molecule has 1 fully saturated rings. The Kier molecular flexibility index (Phi) is 12.4. The summed E-state index contributed by atoms with van der Waals surface area (Å²) in [5, 5.41) is 2.29. The van der Waals surface area contributed by atoms with Crippen molar-refractivity contribution < 1.29 is 13.9 Å². The van der Waals surface area contributed by atoms with E-state index in [0.29, 0.717) is 25.2 Å². The molecule has 1 aromatic heterocycles. The second-order valence-electron chi connectivity index (χ2n) is 12.5. The van der Waals surface area contributed by atoms with E-state index in [9.17, 15) is 9.59 Å². The van der Waals surface area contributed by atoms with Crippen LogP contribution in [0, 0.1) is 0 Å². The maximum absolute atomic E-state index is 12.9. The molecule has 0 unspecified atom stereocenters. The second kappa shape index (κ2) is 15.8. The molecule has 2 heterocycles. The molecule has 0 aliphatic carbocycles. The Morgan fingerprint density at radius 3 is 2.16 bits per heavy atom. The summed E-state index contributed by atoms with van der Waals surface area (Å²) in [7, 11) is -2.72. The lowest BCUT2D eigenvalue weighted by Crippen LogP contribution is -2.67. The van der Waals surface area contributed by atoms with Crippen LogP contribution in [0.4, 0.5) is 0 Å². The standard InChI is InChI=1S/C34H47IN2O5Si/c1-5-6-7-8-9-16-21-40-24-26-23-37(33(39)36-32(26)38)31-22-29(35)30(42-31)25-41-43(34(2,3)4,27-17-12-10-13-18-27)28-19-14-11-15-20-28/h10-15,17-20,23,29-31H,5-9,16,21-22,24-25H2,1-4H3,(H,36,38,39)/t29-,30-,31-/m1/s1. The third-order valence-corrected chi connectivity index (χ3v) is 14.6. The Bertz CT molecular complexity index is 1350. The topological polar surface area (TPSA) is 82.6 Å². The Hall–Kier alpha value is -2.05. The van der Waals surface area contributed by atoms with Gasteiger partial charge in [0.15, 0.2) is 0 Å². The predicted octanol–water partition coefficient (Wildman–Crippen LogP) is 6.08. The smallest absolute Gasteiger partial charge is 0.330 e. The van der Waals surface area contributed by atoms with E-state index in [1.54, 1.807) is 6.20 Å². The molecule has 0 saturated carbocycles. The molecule has 0 spiro atoms. The van der Waals surface area contributed by atoms with Gasteiger partial charge in [-0.1, -0.05) is 143 Å². The van der Waals surface area contributed by atoms with Crippen molar-refractivity contribution in [2.75, 3.05) is 13.2 Å². The molecule has 4 rings (SSSR count). The summed E-state index contributed by atoms with van der Waals surface area (Å²) in [5.74, 6) is 0. The minimum atomic E-state index is -2.72. The summed E-state index contributed by atoms with van der Waals surface area (Å²) < 4.78 is 21.1. The minimum absolute atomic E-state index is 0.132. The number of unbranched alkanes of at least 4 members (excludes halogenated alkanes) is 5. The number of ether oxygens (including phenoxy) is 2. The first kappa shape index (κ1) is 33.8. The van der Waals surface area contributed by atoms with Crippen LogP contribution in [0.25, 0.3) is 0 Å². The summed E-state index contributed by atoms with van der Waals surface area (Å²) in [6.45, 7) is 10.2. The first-order chi connectivity index (χ1) is 20.7. The van der Waals surface area contributed by atoms with Gasteiger partial charge in [0.25, 0.3) is 13.9 Å². The van der Waals surface area contributed by atoms with Gasteiger partial charge < -0.3 is 13.9 Å².